The summed E-state index contributed by atoms with van der Waals surface area (Å²) in [6.45, 7) is 4.00. The fourth-order valence-corrected chi connectivity index (χ4v) is 2.18. The van der Waals surface area contributed by atoms with E-state index in [1.807, 2.05) is 38.1 Å². The molecule has 1 aliphatic rings. The number of hydrogen-bond acceptors (Lipinski definition) is 3. The van der Waals surface area contributed by atoms with Gasteiger partial charge in [0.05, 0.1) is 17.2 Å². The van der Waals surface area contributed by atoms with Gasteiger partial charge in [-0.2, -0.15) is 9.78 Å². The number of aromatic amines is 1. The first kappa shape index (κ1) is 14.3. The van der Waals surface area contributed by atoms with Gasteiger partial charge < -0.3 is 10.3 Å². The first-order valence-electron chi connectivity index (χ1n) is 7.61. The van der Waals surface area contributed by atoms with Crippen molar-refractivity contribution in [1.82, 2.24) is 19.7 Å². The van der Waals surface area contributed by atoms with Crippen LogP contribution in [0.1, 0.15) is 26.7 Å². The zero-order chi connectivity index (χ0) is 15.5. The minimum atomic E-state index is 0.0582. The molecule has 0 unspecified atom stereocenters. The van der Waals surface area contributed by atoms with Crippen molar-refractivity contribution in [2.75, 3.05) is 5.32 Å². The van der Waals surface area contributed by atoms with E-state index < -0.39 is 0 Å². The topological polar surface area (TPSA) is 75.6 Å². The van der Waals surface area contributed by atoms with Crippen LogP contribution < -0.4 is 5.32 Å². The molecule has 1 saturated carbocycles. The van der Waals surface area contributed by atoms with Gasteiger partial charge in [0, 0.05) is 12.0 Å². The van der Waals surface area contributed by atoms with Gasteiger partial charge in [-0.25, -0.2) is 4.98 Å². The molecule has 0 spiro atoms. The van der Waals surface area contributed by atoms with Crippen molar-refractivity contribution in [3.63, 3.8) is 0 Å². The van der Waals surface area contributed by atoms with Crippen LogP contribution in [0.15, 0.2) is 36.5 Å². The number of anilines is 1. The SMILES string of the molecule is CC.O=C(Nc1ccnn1-c1nc2ccccc2[nH]1)C1CC1. The molecule has 2 heterocycles. The molecule has 2 N–H and O–H groups in total. The predicted molar refractivity (Wildman–Crippen MR) is 85.9 cm³/mol. The number of carbonyl (C=O) groups is 1. The molecular formula is C16H19N5O. The Morgan fingerprint density at radius 2 is 2.05 bits per heavy atom. The first-order chi connectivity index (χ1) is 10.8. The maximum absolute atomic E-state index is 11.8. The molecule has 3 aromatic rings. The highest BCUT2D eigenvalue weighted by atomic mass is 16.2. The molecule has 1 aromatic carbocycles. The van der Waals surface area contributed by atoms with Crippen LogP contribution in [0.25, 0.3) is 17.0 Å². The third-order valence-electron chi connectivity index (χ3n) is 3.42. The summed E-state index contributed by atoms with van der Waals surface area (Å²) in [7, 11) is 0. The highest BCUT2D eigenvalue weighted by Crippen LogP contribution is 2.30. The molecule has 114 valence electrons. The average Bonchev–Trinajstić information content (AvgIpc) is 3.16. The lowest BCUT2D eigenvalue weighted by Crippen LogP contribution is -2.16. The van der Waals surface area contributed by atoms with E-state index in [-0.39, 0.29) is 11.8 Å². The molecule has 2 aromatic heterocycles. The minimum absolute atomic E-state index is 0.0582. The number of amides is 1. The number of nitrogens with zero attached hydrogens (tertiary/aromatic N) is 3. The number of imidazole rings is 1. The molecular weight excluding hydrogens is 278 g/mol. The molecule has 22 heavy (non-hydrogen) atoms. The van der Waals surface area contributed by atoms with Crippen molar-refractivity contribution in [3.05, 3.63) is 36.5 Å². The van der Waals surface area contributed by atoms with Crippen LogP contribution in [0.5, 0.6) is 0 Å². The van der Waals surface area contributed by atoms with Crippen LogP contribution in [-0.4, -0.2) is 25.7 Å². The maximum atomic E-state index is 11.8. The average molecular weight is 297 g/mol. The van der Waals surface area contributed by atoms with Crippen LogP contribution in [0.4, 0.5) is 5.82 Å². The summed E-state index contributed by atoms with van der Waals surface area (Å²) < 4.78 is 1.61. The number of nitrogens with one attached hydrogen (secondary N) is 2. The normalized spacial score (nSPS) is 13.5. The molecule has 0 atom stereocenters. The van der Waals surface area contributed by atoms with Gasteiger partial charge in [0.1, 0.15) is 5.82 Å². The Morgan fingerprint density at radius 3 is 2.77 bits per heavy atom. The largest absolute Gasteiger partial charge is 0.322 e. The summed E-state index contributed by atoms with van der Waals surface area (Å²) in [5.74, 6) is 1.46. The molecule has 4 rings (SSSR count). The molecule has 0 radical (unpaired) electrons. The Hall–Kier alpha value is -2.63. The molecule has 1 fully saturated rings. The second-order valence-electron chi connectivity index (χ2n) is 4.97. The van der Waals surface area contributed by atoms with Gasteiger partial charge in [-0.05, 0) is 25.0 Å². The molecule has 0 bridgehead atoms. The second kappa shape index (κ2) is 6.01. The van der Waals surface area contributed by atoms with Gasteiger partial charge in [0.15, 0.2) is 0 Å². The summed E-state index contributed by atoms with van der Waals surface area (Å²) in [5, 5.41) is 7.12. The van der Waals surface area contributed by atoms with E-state index in [1.165, 1.54) is 0 Å². The lowest BCUT2D eigenvalue weighted by molar-refractivity contribution is -0.117. The van der Waals surface area contributed by atoms with E-state index in [4.69, 9.17) is 0 Å². The number of hydrogen-bond donors (Lipinski definition) is 2. The highest BCUT2D eigenvalue weighted by molar-refractivity contribution is 5.93. The molecule has 6 nitrogen and oxygen atoms in total. The fraction of sp³-hybridized carbons (Fsp3) is 0.312. The Balaban J connectivity index is 0.000000693. The van der Waals surface area contributed by atoms with Gasteiger partial charge in [-0.1, -0.05) is 26.0 Å². The lowest BCUT2D eigenvalue weighted by atomic mass is 10.3. The second-order valence-corrected chi connectivity index (χ2v) is 4.97. The van der Waals surface area contributed by atoms with Gasteiger partial charge >= 0.3 is 0 Å². The Labute approximate surface area is 128 Å². The van der Waals surface area contributed by atoms with Crippen molar-refractivity contribution in [1.29, 1.82) is 0 Å². The van der Waals surface area contributed by atoms with Crippen LogP contribution >= 0.6 is 0 Å². The first-order valence-corrected chi connectivity index (χ1v) is 7.61. The third kappa shape index (κ3) is 2.72. The van der Waals surface area contributed by atoms with Gasteiger partial charge in [0.25, 0.3) is 0 Å². The van der Waals surface area contributed by atoms with Gasteiger partial charge in [-0.15, -0.1) is 0 Å². The summed E-state index contributed by atoms with van der Waals surface area (Å²) in [6.07, 6.45) is 3.60. The summed E-state index contributed by atoms with van der Waals surface area (Å²) >= 11 is 0. The zero-order valence-electron chi connectivity index (χ0n) is 12.7. The van der Waals surface area contributed by atoms with Crippen LogP contribution in [0.3, 0.4) is 0 Å². The number of H-pyrrole nitrogens is 1. The summed E-state index contributed by atoms with van der Waals surface area (Å²) in [4.78, 5) is 19.5. The maximum Gasteiger partial charge on any atom is 0.231 e. The van der Waals surface area contributed by atoms with Gasteiger partial charge in [0.2, 0.25) is 11.9 Å². The highest BCUT2D eigenvalue weighted by Gasteiger charge is 2.30. The van der Waals surface area contributed by atoms with Crippen molar-refractivity contribution in [3.8, 4) is 5.95 Å². The Bertz CT molecular complexity index is 752. The molecule has 1 aliphatic carbocycles. The standard InChI is InChI=1S/C14H13N5O.C2H6/c20-13(9-5-6-9)18-12-7-8-15-19(12)14-16-10-3-1-2-4-11(10)17-14;1-2/h1-4,7-9H,5-6H2,(H,16,17)(H,18,20);1-2H3. The van der Waals surface area contributed by atoms with E-state index in [0.717, 1.165) is 23.9 Å². The fourth-order valence-electron chi connectivity index (χ4n) is 2.18. The van der Waals surface area contributed by atoms with Crippen LogP contribution in [0.2, 0.25) is 0 Å². The van der Waals surface area contributed by atoms with E-state index in [2.05, 4.69) is 20.4 Å². The molecule has 0 saturated heterocycles. The lowest BCUT2D eigenvalue weighted by Gasteiger charge is -2.05. The van der Waals surface area contributed by atoms with E-state index in [0.29, 0.717) is 11.8 Å². The van der Waals surface area contributed by atoms with Crippen molar-refractivity contribution >= 4 is 22.8 Å². The minimum Gasteiger partial charge on any atom is -0.322 e. The zero-order valence-corrected chi connectivity index (χ0v) is 12.7. The van der Waals surface area contributed by atoms with Crippen molar-refractivity contribution in [2.24, 2.45) is 5.92 Å². The number of fused-ring (bicyclic) bond motifs is 1. The molecule has 6 heteroatoms. The predicted octanol–water partition coefficient (Wildman–Crippen LogP) is 3.12. The van der Waals surface area contributed by atoms with Crippen molar-refractivity contribution in [2.45, 2.75) is 26.7 Å². The van der Waals surface area contributed by atoms with Crippen LogP contribution in [-0.2, 0) is 4.79 Å². The Morgan fingerprint density at radius 1 is 1.27 bits per heavy atom. The van der Waals surface area contributed by atoms with Crippen LogP contribution in [0, 0.1) is 5.92 Å². The van der Waals surface area contributed by atoms with E-state index in [9.17, 15) is 4.79 Å². The van der Waals surface area contributed by atoms with Crippen molar-refractivity contribution < 1.29 is 4.79 Å². The third-order valence-corrected chi connectivity index (χ3v) is 3.42. The Kier molecular flexibility index (Phi) is 3.91. The molecule has 0 aliphatic heterocycles. The number of aromatic nitrogens is 4. The molecule has 1 amide bonds. The van der Waals surface area contributed by atoms with E-state index in [1.54, 1.807) is 16.9 Å². The number of benzene rings is 1. The summed E-state index contributed by atoms with van der Waals surface area (Å²) in [6, 6.07) is 9.54. The monoisotopic (exact) mass is 297 g/mol. The summed E-state index contributed by atoms with van der Waals surface area (Å²) in [5.41, 5.74) is 1.81. The quantitative estimate of drug-likeness (QED) is 0.780. The number of carbonyl (C=O) groups excluding carboxylic acids is 1. The van der Waals surface area contributed by atoms with E-state index >= 15 is 0 Å². The van der Waals surface area contributed by atoms with Gasteiger partial charge in [-0.3, -0.25) is 4.79 Å². The number of para-hydroxylation sites is 2. The number of rotatable bonds is 3. The smallest absolute Gasteiger partial charge is 0.231 e.